The number of carbonyl (C=O) groups is 1. The van der Waals surface area contributed by atoms with Crippen LogP contribution < -0.4 is 4.74 Å². The average Bonchev–Trinajstić information content (AvgIpc) is 3.12. The van der Waals surface area contributed by atoms with Crippen molar-refractivity contribution in [3.8, 4) is 5.75 Å². The lowest BCUT2D eigenvalue weighted by atomic mass is 9.68. The first-order chi connectivity index (χ1) is 15.2. The predicted octanol–water partition coefficient (Wildman–Crippen LogP) is 5.52. The van der Waals surface area contributed by atoms with E-state index in [0.717, 1.165) is 40.2 Å². The molecule has 2 aromatic rings. The van der Waals surface area contributed by atoms with Gasteiger partial charge in [-0.05, 0) is 79.7 Å². The van der Waals surface area contributed by atoms with Crippen molar-refractivity contribution in [1.82, 2.24) is 0 Å². The highest BCUT2D eigenvalue weighted by Gasteiger charge is 2.35. The number of rotatable bonds is 10. The third-order valence-electron chi connectivity index (χ3n) is 7.32. The minimum Gasteiger partial charge on any atom is -0.490 e. The number of thiophene rings is 1. The number of carbonyl (C=O) groups excluding carboxylic acids is 1. The van der Waals surface area contributed by atoms with Crippen molar-refractivity contribution in [3.63, 3.8) is 0 Å². The molecular weight excluding hydrogens is 420 g/mol. The lowest BCUT2D eigenvalue weighted by molar-refractivity contribution is 0.0531. The van der Waals surface area contributed by atoms with Crippen LogP contribution in [0.3, 0.4) is 0 Å². The Balaban J connectivity index is 1.69. The second-order valence-corrected chi connectivity index (χ2v) is 10.7. The summed E-state index contributed by atoms with van der Waals surface area (Å²) >= 11 is 1.70. The fourth-order valence-corrected chi connectivity index (χ4v) is 6.26. The fraction of sp³-hybridized carbons (Fsp3) is 0.593. The van der Waals surface area contributed by atoms with Gasteiger partial charge in [-0.2, -0.15) is 0 Å². The molecule has 0 saturated carbocycles. The van der Waals surface area contributed by atoms with E-state index in [0.29, 0.717) is 18.3 Å². The number of Topliss-reactive ketones (excluding diaryl/α,β-unsaturated/α-hetero) is 1. The Bertz CT molecular complexity index is 932. The molecular formula is C27H38O4S. The van der Waals surface area contributed by atoms with Gasteiger partial charge in [0.15, 0.2) is 5.78 Å². The first-order valence-corrected chi connectivity index (χ1v) is 12.7. The van der Waals surface area contributed by atoms with Crippen molar-refractivity contribution < 1.29 is 19.7 Å². The van der Waals surface area contributed by atoms with Crippen LogP contribution in [0.5, 0.6) is 5.75 Å². The molecule has 5 heteroatoms. The van der Waals surface area contributed by atoms with E-state index < -0.39 is 6.10 Å². The second kappa shape index (κ2) is 10.5. The molecule has 32 heavy (non-hydrogen) atoms. The Labute approximate surface area is 196 Å². The van der Waals surface area contributed by atoms with Crippen LogP contribution in [-0.2, 0) is 19.3 Å². The maximum Gasteiger partial charge on any atom is 0.173 e. The van der Waals surface area contributed by atoms with Crippen molar-refractivity contribution in [2.45, 2.75) is 85.7 Å². The van der Waals surface area contributed by atoms with Gasteiger partial charge >= 0.3 is 0 Å². The van der Waals surface area contributed by atoms with E-state index in [1.807, 2.05) is 13.8 Å². The van der Waals surface area contributed by atoms with Crippen LogP contribution in [0.15, 0.2) is 12.1 Å². The summed E-state index contributed by atoms with van der Waals surface area (Å²) in [4.78, 5) is 15.5. The lowest BCUT2D eigenvalue weighted by Crippen LogP contribution is -2.27. The summed E-state index contributed by atoms with van der Waals surface area (Å²) in [7, 11) is 0. The number of hydrogen-bond acceptors (Lipinski definition) is 5. The maximum absolute atomic E-state index is 13.2. The van der Waals surface area contributed by atoms with Crippen LogP contribution >= 0.6 is 11.3 Å². The molecule has 4 nitrogen and oxygen atoms in total. The number of ketones is 1. The number of aryl methyl sites for hydroxylation is 4. The Morgan fingerprint density at radius 3 is 2.41 bits per heavy atom. The third kappa shape index (κ3) is 5.27. The highest BCUT2D eigenvalue weighted by molar-refractivity contribution is 7.14. The van der Waals surface area contributed by atoms with Crippen molar-refractivity contribution in [2.24, 2.45) is 5.41 Å². The summed E-state index contributed by atoms with van der Waals surface area (Å²) in [6.45, 7) is 10.5. The maximum atomic E-state index is 13.2. The van der Waals surface area contributed by atoms with Gasteiger partial charge in [0.05, 0.1) is 11.5 Å². The zero-order valence-electron chi connectivity index (χ0n) is 20.2. The van der Waals surface area contributed by atoms with Crippen molar-refractivity contribution in [2.75, 3.05) is 13.2 Å². The van der Waals surface area contributed by atoms with E-state index in [2.05, 4.69) is 32.9 Å². The zero-order chi connectivity index (χ0) is 23.5. The van der Waals surface area contributed by atoms with E-state index >= 15 is 0 Å². The summed E-state index contributed by atoms with van der Waals surface area (Å²) in [6.07, 6.45) is 6.10. The van der Waals surface area contributed by atoms with E-state index in [1.165, 1.54) is 35.3 Å². The first kappa shape index (κ1) is 24.9. The van der Waals surface area contributed by atoms with Crippen molar-refractivity contribution in [3.05, 3.63) is 49.7 Å². The Morgan fingerprint density at radius 2 is 1.81 bits per heavy atom. The Morgan fingerprint density at radius 1 is 1.16 bits per heavy atom. The van der Waals surface area contributed by atoms with Gasteiger partial charge in [0, 0.05) is 11.3 Å². The Hall–Kier alpha value is -1.69. The van der Waals surface area contributed by atoms with Gasteiger partial charge in [-0.25, -0.2) is 0 Å². The molecule has 1 aliphatic rings. The number of aliphatic hydroxyl groups is 2. The molecule has 1 aliphatic carbocycles. The molecule has 0 radical (unpaired) electrons. The van der Waals surface area contributed by atoms with Gasteiger partial charge in [0.25, 0.3) is 0 Å². The fourth-order valence-electron chi connectivity index (χ4n) is 5.07. The van der Waals surface area contributed by atoms with Gasteiger partial charge in [-0.3, -0.25) is 4.79 Å². The van der Waals surface area contributed by atoms with Gasteiger partial charge in [-0.1, -0.05) is 38.8 Å². The summed E-state index contributed by atoms with van der Waals surface area (Å²) in [6, 6.07) is 4.12. The monoisotopic (exact) mass is 458 g/mol. The molecule has 176 valence electrons. The third-order valence-corrected chi connectivity index (χ3v) is 8.55. The van der Waals surface area contributed by atoms with Crippen molar-refractivity contribution in [1.29, 1.82) is 0 Å². The SMILES string of the molecule is CCC1(CC)CCc2c(C(=O)CCc3cc(C)c(OC[C@@H](O)CO)c(C)c3)sc(C)c2C1. The first-order valence-electron chi connectivity index (χ1n) is 11.9. The van der Waals surface area contributed by atoms with E-state index in [4.69, 9.17) is 9.84 Å². The average molecular weight is 459 g/mol. The molecule has 0 aliphatic heterocycles. The van der Waals surface area contributed by atoms with Crippen LogP contribution in [0.25, 0.3) is 0 Å². The summed E-state index contributed by atoms with van der Waals surface area (Å²) < 4.78 is 5.70. The van der Waals surface area contributed by atoms with Crippen LogP contribution in [0.4, 0.5) is 0 Å². The largest absolute Gasteiger partial charge is 0.490 e. The highest BCUT2D eigenvalue weighted by Crippen LogP contribution is 2.45. The van der Waals surface area contributed by atoms with E-state index in [-0.39, 0.29) is 19.0 Å². The zero-order valence-corrected chi connectivity index (χ0v) is 21.0. The number of benzene rings is 1. The molecule has 0 amide bonds. The minimum atomic E-state index is -0.883. The van der Waals surface area contributed by atoms with E-state index in [1.54, 1.807) is 11.3 Å². The molecule has 1 aromatic carbocycles. The lowest BCUT2D eigenvalue weighted by Gasteiger charge is -2.36. The minimum absolute atomic E-state index is 0.0657. The predicted molar refractivity (Wildman–Crippen MR) is 131 cm³/mol. The molecule has 1 aromatic heterocycles. The summed E-state index contributed by atoms with van der Waals surface area (Å²) in [5, 5.41) is 18.5. The smallest absolute Gasteiger partial charge is 0.173 e. The quantitative estimate of drug-likeness (QED) is 0.460. The molecule has 1 heterocycles. The molecule has 0 saturated heterocycles. The molecule has 3 rings (SSSR count). The highest BCUT2D eigenvalue weighted by atomic mass is 32.1. The second-order valence-electron chi connectivity index (χ2n) is 9.46. The standard InChI is InChI=1S/C27H38O4S/c1-6-27(7-2)11-10-22-23(14-27)19(5)32-26(22)24(30)9-8-20-12-17(3)25(18(4)13-20)31-16-21(29)15-28/h12-13,21,28-29H,6-11,14-16H2,1-5H3/t21-/m0/s1. The van der Waals surface area contributed by atoms with Gasteiger partial charge < -0.3 is 14.9 Å². The number of aliphatic hydroxyl groups excluding tert-OH is 2. The topological polar surface area (TPSA) is 66.8 Å². The Kier molecular flexibility index (Phi) is 8.18. The van der Waals surface area contributed by atoms with Crippen LogP contribution in [0.1, 0.15) is 81.9 Å². The van der Waals surface area contributed by atoms with Crippen LogP contribution in [0, 0.1) is 26.2 Å². The molecule has 0 fully saturated rings. The van der Waals surface area contributed by atoms with Gasteiger partial charge in [0.2, 0.25) is 0 Å². The number of ether oxygens (including phenoxy) is 1. The summed E-state index contributed by atoms with van der Waals surface area (Å²) in [5.41, 5.74) is 6.28. The molecule has 0 spiro atoms. The molecule has 0 unspecified atom stereocenters. The normalized spacial score (nSPS) is 16.0. The van der Waals surface area contributed by atoms with Gasteiger partial charge in [-0.15, -0.1) is 11.3 Å². The molecule has 2 N–H and O–H groups in total. The van der Waals surface area contributed by atoms with Gasteiger partial charge in [0.1, 0.15) is 18.5 Å². The van der Waals surface area contributed by atoms with Crippen LogP contribution in [0.2, 0.25) is 0 Å². The summed E-state index contributed by atoms with van der Waals surface area (Å²) in [5.74, 6) is 1.01. The van der Waals surface area contributed by atoms with Crippen molar-refractivity contribution >= 4 is 17.1 Å². The number of fused-ring (bicyclic) bond motifs is 1. The van der Waals surface area contributed by atoms with E-state index in [9.17, 15) is 9.90 Å². The van der Waals surface area contributed by atoms with Crippen LogP contribution in [-0.4, -0.2) is 35.3 Å². The number of hydrogen-bond donors (Lipinski definition) is 2. The molecule has 1 atom stereocenters. The molecule has 0 bridgehead atoms.